The summed E-state index contributed by atoms with van der Waals surface area (Å²) in [6, 6.07) is 3.59. The van der Waals surface area contributed by atoms with E-state index in [4.69, 9.17) is 0 Å². The van der Waals surface area contributed by atoms with Crippen molar-refractivity contribution in [3.8, 4) is 0 Å². The molecule has 5 heteroatoms. The van der Waals surface area contributed by atoms with Crippen LogP contribution in [0.4, 0.5) is 14.7 Å². The van der Waals surface area contributed by atoms with Gasteiger partial charge in [0.05, 0.1) is 5.69 Å². The minimum absolute atomic E-state index is 0.284. The van der Waals surface area contributed by atoms with E-state index in [1.54, 1.807) is 0 Å². The monoisotopic (exact) mass is 265 g/mol. The van der Waals surface area contributed by atoms with E-state index in [2.05, 4.69) is 17.2 Å². The van der Waals surface area contributed by atoms with Crippen molar-refractivity contribution in [2.75, 3.05) is 5.32 Å². The Morgan fingerprint density at radius 3 is 2.79 bits per heavy atom. The first kappa shape index (κ1) is 13.5. The zero-order chi connectivity index (χ0) is 13.8. The molecule has 0 atom stereocenters. The van der Waals surface area contributed by atoms with Gasteiger partial charge in [-0.25, -0.2) is 13.8 Å². The average molecular weight is 265 g/mol. The van der Waals surface area contributed by atoms with Gasteiger partial charge in [0, 0.05) is 30.9 Å². The van der Waals surface area contributed by atoms with Crippen LogP contribution in [-0.2, 0) is 13.1 Å². The third-order valence-electron chi connectivity index (χ3n) is 2.81. The van der Waals surface area contributed by atoms with Crippen LogP contribution in [0.2, 0.25) is 0 Å². The van der Waals surface area contributed by atoms with E-state index in [-0.39, 0.29) is 6.54 Å². The number of imidazole rings is 1. The largest absolute Gasteiger partial charge is 0.351 e. The topological polar surface area (TPSA) is 29.9 Å². The number of nitrogens with zero attached hydrogens (tertiary/aromatic N) is 2. The highest BCUT2D eigenvalue weighted by atomic mass is 19.1. The van der Waals surface area contributed by atoms with Crippen molar-refractivity contribution in [1.29, 1.82) is 0 Å². The fraction of sp³-hybridized carbons (Fsp3) is 0.357. The van der Waals surface area contributed by atoms with Gasteiger partial charge >= 0.3 is 0 Å². The van der Waals surface area contributed by atoms with Gasteiger partial charge in [-0.05, 0) is 19.4 Å². The Labute approximate surface area is 111 Å². The fourth-order valence-corrected chi connectivity index (χ4v) is 1.94. The number of rotatable bonds is 5. The molecule has 2 rings (SSSR count). The number of benzene rings is 1. The minimum atomic E-state index is -0.565. The highest BCUT2D eigenvalue weighted by molar-refractivity contribution is 5.31. The molecule has 0 aliphatic carbocycles. The van der Waals surface area contributed by atoms with Gasteiger partial charge in [-0.2, -0.15) is 0 Å². The lowest BCUT2D eigenvalue weighted by atomic mass is 10.2. The number of aryl methyl sites for hydroxylation is 2. The third kappa shape index (κ3) is 3.30. The van der Waals surface area contributed by atoms with Crippen LogP contribution in [0.1, 0.15) is 24.6 Å². The summed E-state index contributed by atoms with van der Waals surface area (Å²) in [7, 11) is 0. The molecule has 0 saturated carbocycles. The van der Waals surface area contributed by atoms with Crippen LogP contribution in [0.15, 0.2) is 24.4 Å². The van der Waals surface area contributed by atoms with Gasteiger partial charge in [-0.1, -0.05) is 13.0 Å². The fourth-order valence-electron chi connectivity index (χ4n) is 1.94. The maximum Gasteiger partial charge on any atom is 0.203 e. The summed E-state index contributed by atoms with van der Waals surface area (Å²) in [6.45, 7) is 5.13. The molecule has 1 aromatic heterocycles. The van der Waals surface area contributed by atoms with Gasteiger partial charge in [-0.15, -0.1) is 0 Å². The van der Waals surface area contributed by atoms with Gasteiger partial charge in [0.25, 0.3) is 0 Å². The second-order valence-corrected chi connectivity index (χ2v) is 4.49. The Kier molecular flexibility index (Phi) is 4.14. The van der Waals surface area contributed by atoms with E-state index in [9.17, 15) is 8.78 Å². The van der Waals surface area contributed by atoms with Crippen LogP contribution in [0.5, 0.6) is 0 Å². The van der Waals surface area contributed by atoms with Gasteiger partial charge < -0.3 is 9.88 Å². The molecule has 0 spiro atoms. The molecule has 1 N–H and O–H groups in total. The lowest BCUT2D eigenvalue weighted by Gasteiger charge is -2.09. The van der Waals surface area contributed by atoms with E-state index >= 15 is 0 Å². The molecule has 0 aliphatic heterocycles. The SMILES string of the molecule is CCCn1cc(C)nc1NCc1ccc(F)cc1F. The molecule has 0 fully saturated rings. The van der Waals surface area contributed by atoms with Gasteiger partial charge in [-0.3, -0.25) is 0 Å². The Bertz CT molecular complexity index is 564. The molecule has 19 heavy (non-hydrogen) atoms. The molecular formula is C14H17F2N3. The summed E-state index contributed by atoms with van der Waals surface area (Å²) in [5, 5.41) is 3.08. The molecule has 2 aromatic rings. The lowest BCUT2D eigenvalue weighted by Crippen LogP contribution is -2.08. The quantitative estimate of drug-likeness (QED) is 0.896. The van der Waals surface area contributed by atoms with Gasteiger partial charge in [0.15, 0.2) is 0 Å². The van der Waals surface area contributed by atoms with Crippen molar-refractivity contribution in [3.63, 3.8) is 0 Å². The molecule has 0 radical (unpaired) electrons. The molecule has 1 aromatic carbocycles. The maximum atomic E-state index is 13.5. The maximum absolute atomic E-state index is 13.5. The van der Waals surface area contributed by atoms with Crippen LogP contribution in [0, 0.1) is 18.6 Å². The van der Waals surface area contributed by atoms with Gasteiger partial charge in [0.2, 0.25) is 5.95 Å². The zero-order valence-corrected chi connectivity index (χ0v) is 11.1. The number of halogens is 2. The highest BCUT2D eigenvalue weighted by Crippen LogP contribution is 2.14. The van der Waals surface area contributed by atoms with Crippen LogP contribution in [0.25, 0.3) is 0 Å². The number of nitrogens with one attached hydrogen (secondary N) is 1. The normalized spacial score (nSPS) is 10.7. The Morgan fingerprint density at radius 1 is 1.32 bits per heavy atom. The van der Waals surface area contributed by atoms with Crippen LogP contribution in [-0.4, -0.2) is 9.55 Å². The minimum Gasteiger partial charge on any atom is -0.351 e. The van der Waals surface area contributed by atoms with Crippen molar-refractivity contribution in [2.24, 2.45) is 0 Å². The standard InChI is InChI=1S/C14H17F2N3/c1-3-6-19-9-10(2)18-14(19)17-8-11-4-5-12(15)7-13(11)16/h4-5,7,9H,3,6,8H2,1-2H3,(H,17,18). The van der Waals surface area contributed by atoms with Crippen molar-refractivity contribution in [3.05, 3.63) is 47.3 Å². The molecule has 0 unspecified atom stereocenters. The van der Waals surface area contributed by atoms with Gasteiger partial charge in [0.1, 0.15) is 11.6 Å². The predicted octanol–water partition coefficient (Wildman–Crippen LogP) is 3.49. The average Bonchev–Trinajstić information content (AvgIpc) is 2.69. The molecule has 0 amide bonds. The number of aromatic nitrogens is 2. The smallest absolute Gasteiger partial charge is 0.203 e. The highest BCUT2D eigenvalue weighted by Gasteiger charge is 2.07. The second-order valence-electron chi connectivity index (χ2n) is 4.49. The summed E-state index contributed by atoms with van der Waals surface area (Å²) in [5.74, 6) is -0.398. The summed E-state index contributed by atoms with van der Waals surface area (Å²) in [6.07, 6.45) is 2.95. The molecule has 1 heterocycles. The Hall–Kier alpha value is -1.91. The van der Waals surface area contributed by atoms with E-state index in [0.717, 1.165) is 24.7 Å². The summed E-state index contributed by atoms with van der Waals surface area (Å²) in [5.41, 5.74) is 1.33. The van der Waals surface area contributed by atoms with Crippen molar-refractivity contribution in [1.82, 2.24) is 9.55 Å². The molecule has 0 aliphatic rings. The third-order valence-corrected chi connectivity index (χ3v) is 2.81. The van der Waals surface area contributed by atoms with E-state index in [0.29, 0.717) is 11.5 Å². The first-order valence-corrected chi connectivity index (χ1v) is 6.31. The summed E-state index contributed by atoms with van der Waals surface area (Å²) in [4.78, 5) is 4.35. The Balaban J connectivity index is 2.09. The molecule has 0 saturated heterocycles. The van der Waals surface area contributed by atoms with Crippen molar-refractivity contribution < 1.29 is 8.78 Å². The lowest BCUT2D eigenvalue weighted by molar-refractivity contribution is 0.573. The number of hydrogen-bond donors (Lipinski definition) is 1. The molecule has 3 nitrogen and oxygen atoms in total. The van der Waals surface area contributed by atoms with E-state index in [1.807, 2.05) is 17.7 Å². The van der Waals surface area contributed by atoms with Crippen LogP contribution in [0.3, 0.4) is 0 Å². The first-order valence-electron chi connectivity index (χ1n) is 6.31. The number of anilines is 1. The summed E-state index contributed by atoms with van der Waals surface area (Å²) < 4.78 is 28.3. The summed E-state index contributed by atoms with van der Waals surface area (Å²) >= 11 is 0. The predicted molar refractivity (Wildman–Crippen MR) is 70.9 cm³/mol. The zero-order valence-electron chi connectivity index (χ0n) is 11.1. The number of hydrogen-bond acceptors (Lipinski definition) is 2. The molecular weight excluding hydrogens is 248 g/mol. The molecule has 102 valence electrons. The molecule has 0 bridgehead atoms. The van der Waals surface area contributed by atoms with E-state index < -0.39 is 11.6 Å². The second kappa shape index (κ2) is 5.82. The van der Waals surface area contributed by atoms with Crippen LogP contribution >= 0.6 is 0 Å². The van der Waals surface area contributed by atoms with Crippen LogP contribution < -0.4 is 5.32 Å². The van der Waals surface area contributed by atoms with Crippen molar-refractivity contribution >= 4 is 5.95 Å². The first-order chi connectivity index (χ1) is 9.10. The van der Waals surface area contributed by atoms with E-state index in [1.165, 1.54) is 12.1 Å². The Morgan fingerprint density at radius 2 is 2.11 bits per heavy atom. The van der Waals surface area contributed by atoms with Crippen molar-refractivity contribution in [2.45, 2.75) is 33.4 Å².